The van der Waals surface area contributed by atoms with Gasteiger partial charge in [0.15, 0.2) is 0 Å². The normalized spacial score (nSPS) is 14.1. The standard InChI is InChI=1S/C10H10N2S/c1-13-10-7-11-6-8-4-2-3-5-9(8)12-10/h2-7,12H,1H3. The molecule has 0 unspecified atom stereocenters. The molecule has 0 amide bonds. The Labute approximate surface area is 81.8 Å². The molecule has 0 aliphatic carbocycles. The molecule has 0 atom stereocenters. The first kappa shape index (κ1) is 8.38. The molecule has 0 bridgehead atoms. The summed E-state index contributed by atoms with van der Waals surface area (Å²) in [7, 11) is 0. The van der Waals surface area contributed by atoms with E-state index < -0.39 is 0 Å². The Morgan fingerprint density at radius 2 is 2.15 bits per heavy atom. The average Bonchev–Trinajstić information content (AvgIpc) is 2.38. The van der Waals surface area contributed by atoms with Gasteiger partial charge in [0.1, 0.15) is 0 Å². The van der Waals surface area contributed by atoms with Crippen LogP contribution < -0.4 is 5.32 Å². The third kappa shape index (κ3) is 1.75. The van der Waals surface area contributed by atoms with Gasteiger partial charge in [-0.05, 0) is 12.3 Å². The van der Waals surface area contributed by atoms with Crippen LogP contribution in [0.2, 0.25) is 0 Å². The van der Waals surface area contributed by atoms with Gasteiger partial charge in [-0.15, -0.1) is 11.8 Å². The van der Waals surface area contributed by atoms with Gasteiger partial charge in [-0.2, -0.15) is 0 Å². The van der Waals surface area contributed by atoms with Crippen molar-refractivity contribution in [3.63, 3.8) is 0 Å². The van der Waals surface area contributed by atoms with Crippen molar-refractivity contribution in [3.8, 4) is 0 Å². The number of aliphatic imine (C=N–C) groups is 1. The Bertz CT molecular complexity index is 369. The van der Waals surface area contributed by atoms with E-state index in [0.29, 0.717) is 0 Å². The fraction of sp³-hybridized carbons (Fsp3) is 0.100. The second-order valence-corrected chi connectivity index (χ2v) is 3.54. The van der Waals surface area contributed by atoms with Crippen LogP contribution in [0.25, 0.3) is 0 Å². The van der Waals surface area contributed by atoms with E-state index in [1.807, 2.05) is 36.9 Å². The van der Waals surface area contributed by atoms with Crippen molar-refractivity contribution in [2.24, 2.45) is 4.99 Å². The summed E-state index contributed by atoms with van der Waals surface area (Å²) in [6, 6.07) is 8.12. The van der Waals surface area contributed by atoms with Gasteiger partial charge in [-0.3, -0.25) is 4.99 Å². The van der Waals surface area contributed by atoms with Gasteiger partial charge in [-0.25, -0.2) is 0 Å². The molecular formula is C10H10N2S. The van der Waals surface area contributed by atoms with Crippen molar-refractivity contribution < 1.29 is 0 Å². The van der Waals surface area contributed by atoms with Crippen LogP contribution in [0.4, 0.5) is 5.69 Å². The Hall–Kier alpha value is -1.22. The van der Waals surface area contributed by atoms with E-state index in [0.717, 1.165) is 16.3 Å². The molecule has 1 heterocycles. The van der Waals surface area contributed by atoms with E-state index in [9.17, 15) is 0 Å². The molecule has 2 rings (SSSR count). The summed E-state index contributed by atoms with van der Waals surface area (Å²) in [4.78, 5) is 4.19. The minimum Gasteiger partial charge on any atom is -0.348 e. The summed E-state index contributed by atoms with van der Waals surface area (Å²) in [6.07, 6.45) is 5.73. The number of nitrogens with one attached hydrogen (secondary N) is 1. The van der Waals surface area contributed by atoms with Gasteiger partial charge in [0.25, 0.3) is 0 Å². The van der Waals surface area contributed by atoms with Crippen LogP contribution >= 0.6 is 11.8 Å². The lowest BCUT2D eigenvalue weighted by atomic mass is 10.2. The SMILES string of the molecule is CSC1=CN=Cc2ccccc2N1. The van der Waals surface area contributed by atoms with Crippen molar-refractivity contribution in [1.82, 2.24) is 0 Å². The highest BCUT2D eigenvalue weighted by atomic mass is 32.2. The Balaban J connectivity index is 2.40. The van der Waals surface area contributed by atoms with Gasteiger partial charge in [0.05, 0.1) is 11.2 Å². The summed E-state index contributed by atoms with van der Waals surface area (Å²) in [5.41, 5.74) is 2.24. The molecule has 1 N–H and O–H groups in total. The van der Waals surface area contributed by atoms with Crippen molar-refractivity contribution in [3.05, 3.63) is 41.1 Å². The van der Waals surface area contributed by atoms with Gasteiger partial charge in [0.2, 0.25) is 0 Å². The highest BCUT2D eigenvalue weighted by Crippen LogP contribution is 2.22. The first-order valence-corrected chi connectivity index (χ1v) is 5.26. The van der Waals surface area contributed by atoms with Crippen LogP contribution in [0.1, 0.15) is 5.56 Å². The maximum Gasteiger partial charge on any atom is 0.0909 e. The Morgan fingerprint density at radius 3 is 3.00 bits per heavy atom. The summed E-state index contributed by atoms with van der Waals surface area (Å²) in [6.45, 7) is 0. The summed E-state index contributed by atoms with van der Waals surface area (Å²) < 4.78 is 0. The molecule has 0 saturated carbocycles. The summed E-state index contributed by atoms with van der Waals surface area (Å²) >= 11 is 1.66. The number of thioether (sulfide) groups is 1. The predicted octanol–water partition coefficient (Wildman–Crippen LogP) is 2.69. The molecular weight excluding hydrogens is 180 g/mol. The van der Waals surface area contributed by atoms with Crippen molar-refractivity contribution in [2.75, 3.05) is 11.6 Å². The maximum absolute atomic E-state index is 4.19. The monoisotopic (exact) mass is 190 g/mol. The molecule has 3 heteroatoms. The van der Waals surface area contributed by atoms with E-state index >= 15 is 0 Å². The van der Waals surface area contributed by atoms with E-state index in [1.54, 1.807) is 11.8 Å². The first-order chi connectivity index (χ1) is 6.40. The number of anilines is 1. The number of benzene rings is 1. The minimum atomic E-state index is 1.07. The average molecular weight is 190 g/mol. The molecule has 1 aromatic carbocycles. The molecule has 0 fully saturated rings. The van der Waals surface area contributed by atoms with E-state index in [4.69, 9.17) is 0 Å². The molecule has 1 aromatic rings. The quantitative estimate of drug-likeness (QED) is 0.736. The Kier molecular flexibility index (Phi) is 2.36. The minimum absolute atomic E-state index is 1.07. The van der Waals surface area contributed by atoms with Gasteiger partial charge in [-0.1, -0.05) is 18.2 Å². The van der Waals surface area contributed by atoms with Gasteiger partial charge < -0.3 is 5.32 Å². The van der Waals surface area contributed by atoms with E-state index in [-0.39, 0.29) is 0 Å². The molecule has 1 aliphatic heterocycles. The van der Waals surface area contributed by atoms with Crippen LogP contribution in [0.15, 0.2) is 40.5 Å². The van der Waals surface area contributed by atoms with Gasteiger partial charge >= 0.3 is 0 Å². The van der Waals surface area contributed by atoms with Crippen molar-refractivity contribution >= 4 is 23.7 Å². The van der Waals surface area contributed by atoms with Crippen LogP contribution in [-0.2, 0) is 0 Å². The largest absolute Gasteiger partial charge is 0.348 e. The third-order valence-corrected chi connectivity index (χ3v) is 2.49. The van der Waals surface area contributed by atoms with Crippen LogP contribution in [0.5, 0.6) is 0 Å². The fourth-order valence-corrected chi connectivity index (χ4v) is 1.56. The number of rotatable bonds is 1. The lowest BCUT2D eigenvalue weighted by molar-refractivity contribution is 1.52. The number of para-hydroxylation sites is 1. The van der Waals surface area contributed by atoms with E-state index in [1.165, 1.54) is 0 Å². The molecule has 13 heavy (non-hydrogen) atoms. The Morgan fingerprint density at radius 1 is 1.31 bits per heavy atom. The molecule has 2 nitrogen and oxygen atoms in total. The second-order valence-electron chi connectivity index (χ2n) is 2.69. The highest BCUT2D eigenvalue weighted by Gasteiger charge is 2.03. The second kappa shape index (κ2) is 3.66. The molecule has 0 aromatic heterocycles. The maximum atomic E-state index is 4.19. The lowest BCUT2D eigenvalue weighted by Gasteiger charge is -2.07. The van der Waals surface area contributed by atoms with Crippen LogP contribution in [-0.4, -0.2) is 12.5 Å². The number of fused-ring (bicyclic) bond motifs is 1. The fourth-order valence-electron chi connectivity index (χ4n) is 1.18. The molecule has 0 spiro atoms. The third-order valence-electron chi connectivity index (χ3n) is 1.84. The lowest BCUT2D eigenvalue weighted by Crippen LogP contribution is -1.96. The van der Waals surface area contributed by atoms with Crippen molar-refractivity contribution in [1.29, 1.82) is 0 Å². The van der Waals surface area contributed by atoms with Crippen molar-refractivity contribution in [2.45, 2.75) is 0 Å². The highest BCUT2D eigenvalue weighted by molar-refractivity contribution is 8.02. The predicted molar refractivity (Wildman–Crippen MR) is 59.3 cm³/mol. The smallest absolute Gasteiger partial charge is 0.0909 e. The number of hydrogen-bond acceptors (Lipinski definition) is 3. The zero-order chi connectivity index (χ0) is 9.10. The zero-order valence-corrected chi connectivity index (χ0v) is 8.14. The van der Waals surface area contributed by atoms with Gasteiger partial charge in [0, 0.05) is 17.5 Å². The first-order valence-electron chi connectivity index (χ1n) is 4.03. The zero-order valence-electron chi connectivity index (χ0n) is 7.32. The summed E-state index contributed by atoms with van der Waals surface area (Å²) in [5.74, 6) is 0. The topological polar surface area (TPSA) is 24.4 Å². The molecule has 0 radical (unpaired) electrons. The van der Waals surface area contributed by atoms with E-state index in [2.05, 4.69) is 16.4 Å². The number of hydrogen-bond donors (Lipinski definition) is 1. The number of nitrogens with zero attached hydrogens (tertiary/aromatic N) is 1. The molecule has 66 valence electrons. The summed E-state index contributed by atoms with van der Waals surface area (Å²) in [5, 5.41) is 4.38. The molecule has 1 aliphatic rings. The van der Waals surface area contributed by atoms with Crippen LogP contribution in [0, 0.1) is 0 Å². The molecule has 0 saturated heterocycles. The van der Waals surface area contributed by atoms with Crippen LogP contribution in [0.3, 0.4) is 0 Å².